The van der Waals surface area contributed by atoms with Crippen molar-refractivity contribution >= 4 is 27.3 Å². The Morgan fingerprint density at radius 3 is 2.58 bits per heavy atom. The molecule has 106 valence electrons. The van der Waals surface area contributed by atoms with E-state index in [0.717, 1.165) is 18.0 Å². The zero-order valence-electron chi connectivity index (χ0n) is 11.7. The summed E-state index contributed by atoms with van der Waals surface area (Å²) in [6, 6.07) is 6.76. The van der Waals surface area contributed by atoms with E-state index in [0.29, 0.717) is 6.04 Å². The van der Waals surface area contributed by atoms with Crippen LogP contribution in [0.4, 0.5) is 0 Å². The third-order valence-electron chi connectivity index (χ3n) is 5.12. The molecular weight excluding hydrogens is 320 g/mol. The van der Waals surface area contributed by atoms with Crippen LogP contribution in [0.1, 0.15) is 30.6 Å². The molecule has 3 unspecified atom stereocenters. The van der Waals surface area contributed by atoms with Gasteiger partial charge in [-0.05, 0) is 80.2 Å². The molecule has 0 saturated carbocycles. The summed E-state index contributed by atoms with van der Waals surface area (Å²) in [7, 11) is 4.46. The summed E-state index contributed by atoms with van der Waals surface area (Å²) in [4.78, 5) is 4.13. The molecule has 2 aliphatic rings. The van der Waals surface area contributed by atoms with E-state index in [9.17, 15) is 0 Å². The smallest absolute Gasteiger partial charge is 0.0701 e. The van der Waals surface area contributed by atoms with Gasteiger partial charge in [-0.25, -0.2) is 0 Å². The molecule has 2 saturated heterocycles. The lowest BCUT2D eigenvalue weighted by Crippen LogP contribution is -2.47. The highest BCUT2D eigenvalue weighted by atomic mass is 79.9. The first-order chi connectivity index (χ1) is 9.17. The Morgan fingerprint density at radius 2 is 2.05 bits per heavy atom. The van der Waals surface area contributed by atoms with E-state index in [1.807, 2.05) is 11.3 Å². The van der Waals surface area contributed by atoms with Crippen molar-refractivity contribution < 1.29 is 0 Å². The molecule has 3 rings (SSSR count). The summed E-state index contributed by atoms with van der Waals surface area (Å²) < 4.78 is 1.25. The first kappa shape index (κ1) is 14.1. The van der Waals surface area contributed by atoms with Crippen LogP contribution < -0.4 is 5.32 Å². The fourth-order valence-electron chi connectivity index (χ4n) is 3.96. The second kappa shape index (κ2) is 5.84. The molecule has 0 aromatic carbocycles. The fourth-order valence-corrected chi connectivity index (χ4v) is 5.51. The van der Waals surface area contributed by atoms with Crippen molar-refractivity contribution in [3.05, 3.63) is 20.8 Å². The van der Waals surface area contributed by atoms with E-state index in [4.69, 9.17) is 0 Å². The van der Waals surface area contributed by atoms with E-state index in [2.05, 4.69) is 52.4 Å². The number of fused-ring (bicyclic) bond motifs is 2. The van der Waals surface area contributed by atoms with Crippen LogP contribution in [0.5, 0.6) is 0 Å². The summed E-state index contributed by atoms with van der Waals surface area (Å²) in [5.74, 6) is 0.847. The van der Waals surface area contributed by atoms with E-state index >= 15 is 0 Å². The molecule has 0 spiro atoms. The maximum atomic E-state index is 3.59. The summed E-state index contributed by atoms with van der Waals surface area (Å²) in [6.45, 7) is 0. The molecule has 1 aromatic heterocycles. The number of piperidine rings is 1. The highest BCUT2D eigenvalue weighted by Crippen LogP contribution is 2.39. The molecule has 0 aliphatic carbocycles. The number of thiophene rings is 1. The van der Waals surface area contributed by atoms with Crippen molar-refractivity contribution in [1.29, 1.82) is 0 Å². The van der Waals surface area contributed by atoms with Crippen LogP contribution in [-0.4, -0.2) is 37.1 Å². The molecule has 3 atom stereocenters. The van der Waals surface area contributed by atoms with Gasteiger partial charge in [-0.3, -0.25) is 0 Å². The average Bonchev–Trinajstić information content (AvgIpc) is 2.87. The minimum atomic E-state index is 0.641. The van der Waals surface area contributed by atoms with Crippen molar-refractivity contribution in [3.63, 3.8) is 0 Å². The van der Waals surface area contributed by atoms with Crippen LogP contribution in [0, 0.1) is 5.92 Å². The first-order valence-electron chi connectivity index (χ1n) is 7.30. The zero-order chi connectivity index (χ0) is 13.4. The van der Waals surface area contributed by atoms with Crippen LogP contribution in [0.2, 0.25) is 0 Å². The highest BCUT2D eigenvalue weighted by Gasteiger charge is 2.40. The van der Waals surface area contributed by atoms with Gasteiger partial charge >= 0.3 is 0 Å². The molecule has 2 fully saturated rings. The largest absolute Gasteiger partial charge is 0.316 e. The van der Waals surface area contributed by atoms with E-state index in [-0.39, 0.29) is 0 Å². The van der Waals surface area contributed by atoms with Gasteiger partial charge in [-0.2, -0.15) is 0 Å². The van der Waals surface area contributed by atoms with Crippen molar-refractivity contribution in [2.45, 2.75) is 50.2 Å². The van der Waals surface area contributed by atoms with Crippen LogP contribution >= 0.6 is 27.3 Å². The molecule has 0 radical (unpaired) electrons. The molecule has 4 heteroatoms. The SMILES string of the molecule is CNC(Cc1ccc(Br)s1)C1CC2CCC(C1)N2C. The van der Waals surface area contributed by atoms with E-state index in [1.165, 1.54) is 40.8 Å². The topological polar surface area (TPSA) is 15.3 Å². The summed E-state index contributed by atoms with van der Waals surface area (Å²) in [5, 5.41) is 3.59. The lowest BCUT2D eigenvalue weighted by Gasteiger charge is -2.39. The summed E-state index contributed by atoms with van der Waals surface area (Å²) in [5.41, 5.74) is 0. The lowest BCUT2D eigenvalue weighted by atomic mass is 9.83. The third kappa shape index (κ3) is 2.92. The predicted octanol–water partition coefficient (Wildman–Crippen LogP) is 3.51. The second-order valence-electron chi connectivity index (χ2n) is 6.09. The van der Waals surface area contributed by atoms with Gasteiger partial charge < -0.3 is 10.2 Å². The van der Waals surface area contributed by atoms with Crippen molar-refractivity contribution in [2.75, 3.05) is 14.1 Å². The number of hydrogen-bond donors (Lipinski definition) is 1. The quantitative estimate of drug-likeness (QED) is 0.900. The Labute approximate surface area is 128 Å². The minimum absolute atomic E-state index is 0.641. The van der Waals surface area contributed by atoms with Crippen LogP contribution in [0.3, 0.4) is 0 Å². The van der Waals surface area contributed by atoms with Crippen LogP contribution in [-0.2, 0) is 6.42 Å². The Kier molecular flexibility index (Phi) is 4.32. The van der Waals surface area contributed by atoms with Gasteiger partial charge in [-0.1, -0.05) is 0 Å². The second-order valence-corrected chi connectivity index (χ2v) is 8.63. The first-order valence-corrected chi connectivity index (χ1v) is 8.91. The van der Waals surface area contributed by atoms with Gasteiger partial charge in [0.15, 0.2) is 0 Å². The molecule has 3 heterocycles. The van der Waals surface area contributed by atoms with E-state index in [1.54, 1.807) is 0 Å². The van der Waals surface area contributed by atoms with Gasteiger partial charge in [-0.15, -0.1) is 11.3 Å². The molecule has 2 bridgehead atoms. The monoisotopic (exact) mass is 342 g/mol. The number of nitrogens with one attached hydrogen (secondary N) is 1. The predicted molar refractivity (Wildman–Crippen MR) is 85.9 cm³/mol. The lowest BCUT2D eigenvalue weighted by molar-refractivity contribution is 0.114. The number of rotatable bonds is 4. The highest BCUT2D eigenvalue weighted by molar-refractivity contribution is 9.11. The maximum absolute atomic E-state index is 3.59. The average molecular weight is 343 g/mol. The van der Waals surface area contributed by atoms with Crippen molar-refractivity contribution in [3.8, 4) is 0 Å². The van der Waals surface area contributed by atoms with Gasteiger partial charge in [0, 0.05) is 23.0 Å². The fraction of sp³-hybridized carbons (Fsp3) is 0.733. The van der Waals surface area contributed by atoms with Crippen LogP contribution in [0.15, 0.2) is 15.9 Å². The minimum Gasteiger partial charge on any atom is -0.316 e. The molecule has 19 heavy (non-hydrogen) atoms. The zero-order valence-corrected chi connectivity index (χ0v) is 14.1. The Morgan fingerprint density at radius 1 is 1.37 bits per heavy atom. The molecule has 0 amide bonds. The maximum Gasteiger partial charge on any atom is 0.0701 e. The van der Waals surface area contributed by atoms with Gasteiger partial charge in [0.05, 0.1) is 3.79 Å². The molecule has 2 aliphatic heterocycles. The number of nitrogens with zero attached hydrogens (tertiary/aromatic N) is 1. The molecule has 1 N–H and O–H groups in total. The van der Waals surface area contributed by atoms with Crippen molar-refractivity contribution in [1.82, 2.24) is 10.2 Å². The molecular formula is C15H23BrN2S. The number of halogens is 1. The van der Waals surface area contributed by atoms with Gasteiger partial charge in [0.2, 0.25) is 0 Å². The third-order valence-corrected chi connectivity index (χ3v) is 6.77. The Balaban J connectivity index is 1.66. The summed E-state index contributed by atoms with van der Waals surface area (Å²) in [6.07, 6.45) is 6.77. The Hall–Kier alpha value is 0.1000. The van der Waals surface area contributed by atoms with E-state index < -0.39 is 0 Å². The van der Waals surface area contributed by atoms with Gasteiger partial charge in [0.1, 0.15) is 0 Å². The molecule has 1 aromatic rings. The molecule has 2 nitrogen and oxygen atoms in total. The Bertz CT molecular complexity index is 420. The van der Waals surface area contributed by atoms with Gasteiger partial charge in [0.25, 0.3) is 0 Å². The normalized spacial score (nSPS) is 32.7. The number of likely N-dealkylation sites (N-methyl/N-ethyl adjacent to an activating group) is 1. The summed E-state index contributed by atoms with van der Waals surface area (Å²) >= 11 is 5.45. The van der Waals surface area contributed by atoms with Crippen LogP contribution in [0.25, 0.3) is 0 Å². The van der Waals surface area contributed by atoms with Crippen molar-refractivity contribution in [2.24, 2.45) is 5.92 Å². The number of hydrogen-bond acceptors (Lipinski definition) is 3. The standard InChI is InChI=1S/C15H23BrN2S/c1-17-14(9-13-5-6-15(16)19-13)10-7-11-3-4-12(8-10)18(11)2/h5-6,10-12,14,17H,3-4,7-9H2,1-2H3.